The number of hydrogen-bond acceptors (Lipinski definition) is 2. The molecule has 2 nitrogen and oxygen atoms in total. The highest BCUT2D eigenvalue weighted by molar-refractivity contribution is 7.26. The third-order valence-electron chi connectivity index (χ3n) is 12.1. The summed E-state index contributed by atoms with van der Waals surface area (Å²) >= 11 is 1.83. The van der Waals surface area contributed by atoms with Crippen LogP contribution in [0.25, 0.3) is 81.5 Å². The van der Waals surface area contributed by atoms with E-state index < -0.39 is 5.41 Å². The molecule has 0 saturated heterocycles. The first-order valence-corrected chi connectivity index (χ1v) is 20.4. The summed E-state index contributed by atoms with van der Waals surface area (Å²) in [6.07, 6.45) is 0. The van der Waals surface area contributed by atoms with E-state index in [1.54, 1.807) is 0 Å². The molecule has 0 aliphatic heterocycles. The van der Waals surface area contributed by atoms with Gasteiger partial charge in [0.2, 0.25) is 0 Å². The molecule has 0 bridgehead atoms. The van der Waals surface area contributed by atoms with Crippen molar-refractivity contribution in [1.82, 2.24) is 9.38 Å². The van der Waals surface area contributed by atoms with Gasteiger partial charge >= 0.3 is 0 Å². The Morgan fingerprint density at radius 3 is 1.77 bits per heavy atom. The van der Waals surface area contributed by atoms with Crippen LogP contribution in [0.4, 0.5) is 0 Å². The first-order chi connectivity index (χ1) is 28.3. The Labute approximate surface area is 334 Å². The number of hydrogen-bond donors (Lipinski definition) is 0. The average molecular weight is 743 g/mol. The highest BCUT2D eigenvalue weighted by Gasteiger charge is 2.46. The van der Waals surface area contributed by atoms with Crippen LogP contribution in [-0.4, -0.2) is 9.38 Å². The summed E-state index contributed by atoms with van der Waals surface area (Å²) < 4.78 is 4.86. The van der Waals surface area contributed by atoms with Gasteiger partial charge in [-0.2, -0.15) is 0 Å². The van der Waals surface area contributed by atoms with Crippen LogP contribution in [-0.2, 0) is 5.41 Å². The first-order valence-electron chi connectivity index (χ1n) is 19.5. The second-order valence-corrected chi connectivity index (χ2v) is 16.1. The maximum atomic E-state index is 5.17. The number of rotatable bonds is 5. The van der Waals surface area contributed by atoms with E-state index in [4.69, 9.17) is 4.98 Å². The zero-order valence-electron chi connectivity index (χ0n) is 30.9. The zero-order chi connectivity index (χ0) is 37.5. The summed E-state index contributed by atoms with van der Waals surface area (Å²) in [5.74, 6) is 0. The minimum atomic E-state index is -0.415. The number of pyridine rings is 1. The van der Waals surface area contributed by atoms with Crippen molar-refractivity contribution in [3.8, 4) is 44.6 Å². The molecule has 12 rings (SSSR count). The molecule has 266 valence electrons. The second-order valence-electron chi connectivity index (χ2n) is 15.0. The van der Waals surface area contributed by atoms with E-state index in [0.717, 1.165) is 22.4 Å². The van der Waals surface area contributed by atoms with Crippen LogP contribution >= 0.6 is 11.3 Å². The lowest BCUT2D eigenvalue weighted by molar-refractivity contribution is 0.768. The lowest BCUT2D eigenvalue weighted by Crippen LogP contribution is -2.28. The highest BCUT2D eigenvalue weighted by atomic mass is 32.1. The summed E-state index contributed by atoms with van der Waals surface area (Å²) in [6, 6.07) is 75.6. The van der Waals surface area contributed by atoms with Crippen LogP contribution in [0.3, 0.4) is 0 Å². The predicted molar refractivity (Wildman–Crippen MR) is 239 cm³/mol. The fraction of sp³-hybridized carbons (Fsp3) is 0.0185. The van der Waals surface area contributed by atoms with Gasteiger partial charge in [0.05, 0.1) is 26.8 Å². The maximum absolute atomic E-state index is 5.17. The lowest BCUT2D eigenvalue weighted by atomic mass is 9.67. The van der Waals surface area contributed by atoms with Crippen LogP contribution in [0.2, 0.25) is 0 Å². The van der Waals surface area contributed by atoms with Gasteiger partial charge in [-0.15, -0.1) is 11.3 Å². The fourth-order valence-electron chi connectivity index (χ4n) is 9.62. The summed E-state index contributed by atoms with van der Waals surface area (Å²) in [5.41, 5.74) is 17.7. The standard InChI is InChI=1S/C54H34N2S/c1-3-14-39(15-4-1)54(40-16-5-2-6-17-40)45-21-9-7-19-43(45)51-41(20-13-22-46(51)54)37-30-26-35(27-31-37)36-28-32-38(33-29-36)49-34-44-42-18-8-12-25-50(42)57-52(44)53-55-47-23-10-11-24-48(47)56(49)53/h1-34H. The number of aromatic nitrogens is 2. The minimum absolute atomic E-state index is 0.415. The minimum Gasteiger partial charge on any atom is -0.291 e. The lowest BCUT2D eigenvalue weighted by Gasteiger charge is -2.34. The van der Waals surface area contributed by atoms with Crippen molar-refractivity contribution in [3.63, 3.8) is 0 Å². The Morgan fingerprint density at radius 2 is 1.02 bits per heavy atom. The monoisotopic (exact) mass is 742 g/mol. The number of imidazole rings is 1. The van der Waals surface area contributed by atoms with Gasteiger partial charge in [0.25, 0.3) is 0 Å². The Bertz CT molecular complexity index is 3280. The number of nitrogens with zero attached hydrogens (tertiary/aromatic N) is 2. The molecule has 11 aromatic rings. The molecule has 0 atom stereocenters. The van der Waals surface area contributed by atoms with Crippen LogP contribution in [0.5, 0.6) is 0 Å². The largest absolute Gasteiger partial charge is 0.291 e. The SMILES string of the molecule is c1ccc(C2(c3ccccc3)c3ccccc3-c3c(-c4ccc(-c5ccc(-c6cc7c8ccccc8sc7c7nc8ccccc8n67)cc5)cc4)cccc32)cc1. The van der Waals surface area contributed by atoms with E-state index >= 15 is 0 Å². The molecule has 3 aromatic heterocycles. The number of fused-ring (bicyclic) bond motifs is 10. The first kappa shape index (κ1) is 32.2. The molecule has 1 aliphatic rings. The van der Waals surface area contributed by atoms with Crippen LogP contribution in [0, 0.1) is 0 Å². The maximum Gasteiger partial charge on any atom is 0.156 e. The van der Waals surface area contributed by atoms with Crippen LogP contribution in [0.1, 0.15) is 22.3 Å². The van der Waals surface area contributed by atoms with Gasteiger partial charge in [-0.1, -0.05) is 182 Å². The molecule has 0 amide bonds. The van der Waals surface area contributed by atoms with Gasteiger partial charge in [0, 0.05) is 15.5 Å². The quantitative estimate of drug-likeness (QED) is 0.172. The summed E-state index contributed by atoms with van der Waals surface area (Å²) in [5, 5.41) is 2.54. The molecule has 0 spiro atoms. The van der Waals surface area contributed by atoms with E-state index in [0.29, 0.717) is 0 Å². The van der Waals surface area contributed by atoms with Crippen molar-refractivity contribution >= 4 is 48.2 Å². The predicted octanol–water partition coefficient (Wildman–Crippen LogP) is 14.2. The van der Waals surface area contributed by atoms with E-state index in [9.17, 15) is 0 Å². The zero-order valence-corrected chi connectivity index (χ0v) is 31.7. The second kappa shape index (κ2) is 12.5. The third kappa shape index (κ3) is 4.67. The Kier molecular flexibility index (Phi) is 7.05. The van der Waals surface area contributed by atoms with E-state index in [2.05, 4.69) is 211 Å². The molecule has 0 N–H and O–H groups in total. The van der Waals surface area contributed by atoms with Crippen molar-refractivity contribution in [3.05, 3.63) is 229 Å². The molecular weight excluding hydrogens is 709 g/mol. The third-order valence-corrected chi connectivity index (χ3v) is 13.3. The van der Waals surface area contributed by atoms with Crippen molar-refractivity contribution in [2.24, 2.45) is 0 Å². The molecular formula is C54H34N2S. The van der Waals surface area contributed by atoms with Crippen molar-refractivity contribution in [2.45, 2.75) is 5.41 Å². The Morgan fingerprint density at radius 1 is 0.439 bits per heavy atom. The highest BCUT2D eigenvalue weighted by Crippen LogP contribution is 2.58. The number of benzene rings is 8. The van der Waals surface area contributed by atoms with Crippen molar-refractivity contribution in [1.29, 1.82) is 0 Å². The Balaban J connectivity index is 0.959. The summed E-state index contributed by atoms with van der Waals surface area (Å²) in [6.45, 7) is 0. The average Bonchev–Trinajstić information content (AvgIpc) is 3.96. The van der Waals surface area contributed by atoms with Crippen LogP contribution in [0.15, 0.2) is 206 Å². The van der Waals surface area contributed by atoms with Gasteiger partial charge in [0.15, 0.2) is 5.65 Å². The van der Waals surface area contributed by atoms with E-state index in [-0.39, 0.29) is 0 Å². The fourth-order valence-corrected chi connectivity index (χ4v) is 10.8. The molecule has 3 heteroatoms. The summed E-state index contributed by atoms with van der Waals surface area (Å²) in [4.78, 5) is 5.17. The van der Waals surface area contributed by atoms with Crippen LogP contribution < -0.4 is 0 Å². The van der Waals surface area contributed by atoms with Gasteiger partial charge in [-0.25, -0.2) is 4.98 Å². The molecule has 57 heavy (non-hydrogen) atoms. The summed E-state index contributed by atoms with van der Waals surface area (Å²) in [7, 11) is 0. The molecule has 8 aromatic carbocycles. The number of para-hydroxylation sites is 2. The van der Waals surface area contributed by atoms with Crippen molar-refractivity contribution in [2.75, 3.05) is 0 Å². The normalized spacial score (nSPS) is 13.1. The molecule has 0 radical (unpaired) electrons. The topological polar surface area (TPSA) is 17.3 Å². The molecule has 3 heterocycles. The molecule has 1 aliphatic carbocycles. The molecule has 0 unspecified atom stereocenters. The van der Waals surface area contributed by atoms with E-state index in [1.165, 1.54) is 81.4 Å². The van der Waals surface area contributed by atoms with Gasteiger partial charge in [-0.05, 0) is 85.5 Å². The van der Waals surface area contributed by atoms with Gasteiger partial charge < -0.3 is 0 Å². The molecule has 0 saturated carbocycles. The number of thiophene rings is 1. The molecule has 0 fully saturated rings. The van der Waals surface area contributed by atoms with Gasteiger partial charge in [-0.3, -0.25) is 4.40 Å². The van der Waals surface area contributed by atoms with Gasteiger partial charge in [0.1, 0.15) is 0 Å². The smallest absolute Gasteiger partial charge is 0.156 e. The Hall–Kier alpha value is -7.07. The van der Waals surface area contributed by atoms with E-state index in [1.807, 2.05) is 11.3 Å². The van der Waals surface area contributed by atoms with Crippen molar-refractivity contribution < 1.29 is 0 Å².